The molecule has 4 rings (SSSR count). The molecule has 0 atom stereocenters. The fraction of sp³-hybridized carbons (Fsp3) is 0.417. The minimum absolute atomic E-state index is 0.0937. The minimum atomic E-state index is 0.0937. The molecule has 2 aliphatic rings. The summed E-state index contributed by atoms with van der Waals surface area (Å²) in [5.41, 5.74) is 5.61. The first-order chi connectivity index (χ1) is 14.2. The van der Waals surface area contributed by atoms with Crippen LogP contribution in [0.25, 0.3) is 0 Å². The van der Waals surface area contributed by atoms with Gasteiger partial charge in [0.1, 0.15) is 0 Å². The van der Waals surface area contributed by atoms with Gasteiger partial charge in [0.25, 0.3) is 0 Å². The summed E-state index contributed by atoms with van der Waals surface area (Å²) in [6.45, 7) is 4.70. The summed E-state index contributed by atoms with van der Waals surface area (Å²) in [7, 11) is 0. The van der Waals surface area contributed by atoms with Crippen molar-refractivity contribution in [1.29, 1.82) is 5.26 Å². The molecule has 1 aliphatic carbocycles. The number of nitrogens with zero attached hydrogens (tertiary/aromatic N) is 3. The lowest BCUT2D eigenvalue weighted by molar-refractivity contribution is -0.116. The highest BCUT2D eigenvalue weighted by atomic mass is 16.1. The Hall–Kier alpha value is -2.84. The SMILES string of the molecule is N#Cc1ccc(N2CCCN(CCC(=O)Nc3ccc4c(c3)CCC4)CC2)cc1. The topological polar surface area (TPSA) is 59.4 Å². The van der Waals surface area contributed by atoms with Crippen molar-refractivity contribution in [1.82, 2.24) is 4.90 Å². The van der Waals surface area contributed by atoms with Crippen LogP contribution in [0.1, 0.15) is 36.0 Å². The Labute approximate surface area is 172 Å². The fourth-order valence-corrected chi connectivity index (χ4v) is 4.33. The lowest BCUT2D eigenvalue weighted by Crippen LogP contribution is -2.32. The molecule has 1 heterocycles. The zero-order valence-electron chi connectivity index (χ0n) is 16.9. The highest BCUT2D eigenvalue weighted by Gasteiger charge is 2.17. The molecule has 5 heteroatoms. The van der Waals surface area contributed by atoms with Crippen LogP contribution in [0.4, 0.5) is 11.4 Å². The second kappa shape index (κ2) is 9.11. The number of fused-ring (bicyclic) bond motifs is 1. The number of aryl methyl sites for hydroxylation is 2. The van der Waals surface area contributed by atoms with Gasteiger partial charge in [-0.15, -0.1) is 0 Å². The second-order valence-corrected chi connectivity index (χ2v) is 7.98. The summed E-state index contributed by atoms with van der Waals surface area (Å²) < 4.78 is 0. The molecule has 0 spiro atoms. The highest BCUT2D eigenvalue weighted by Crippen LogP contribution is 2.25. The predicted octanol–water partition coefficient (Wildman–Crippen LogP) is 3.59. The van der Waals surface area contributed by atoms with E-state index in [0.29, 0.717) is 12.0 Å². The third-order valence-electron chi connectivity index (χ3n) is 5.99. The average molecular weight is 389 g/mol. The molecule has 0 radical (unpaired) electrons. The van der Waals surface area contributed by atoms with Crippen LogP contribution in [-0.2, 0) is 17.6 Å². The number of rotatable bonds is 5. The molecular formula is C24H28N4O. The van der Waals surface area contributed by atoms with Gasteiger partial charge < -0.3 is 15.1 Å². The average Bonchev–Trinajstić information content (AvgIpc) is 3.08. The van der Waals surface area contributed by atoms with Crippen LogP contribution in [0.3, 0.4) is 0 Å². The highest BCUT2D eigenvalue weighted by molar-refractivity contribution is 5.91. The van der Waals surface area contributed by atoms with Crippen molar-refractivity contribution in [3.05, 3.63) is 59.2 Å². The molecular weight excluding hydrogens is 360 g/mol. The Morgan fingerprint density at radius 3 is 2.62 bits per heavy atom. The van der Waals surface area contributed by atoms with Crippen molar-refractivity contribution in [2.24, 2.45) is 0 Å². The van der Waals surface area contributed by atoms with E-state index in [9.17, 15) is 4.79 Å². The number of nitriles is 1. The van der Waals surface area contributed by atoms with Crippen LogP contribution in [0.2, 0.25) is 0 Å². The molecule has 5 nitrogen and oxygen atoms in total. The zero-order valence-corrected chi connectivity index (χ0v) is 16.9. The quantitative estimate of drug-likeness (QED) is 0.850. The Morgan fingerprint density at radius 2 is 1.79 bits per heavy atom. The van der Waals surface area contributed by atoms with Crippen molar-refractivity contribution < 1.29 is 4.79 Å². The first kappa shape index (κ1) is 19.5. The molecule has 1 aliphatic heterocycles. The molecule has 1 amide bonds. The molecule has 2 aromatic carbocycles. The normalized spacial score (nSPS) is 16.7. The van der Waals surface area contributed by atoms with Crippen LogP contribution in [0, 0.1) is 11.3 Å². The summed E-state index contributed by atoms with van der Waals surface area (Å²) in [4.78, 5) is 17.2. The Balaban J connectivity index is 1.24. The standard InChI is InChI=1S/C24H28N4O/c25-18-19-5-9-23(10-6-19)28-13-2-12-27(15-16-28)14-11-24(29)26-22-8-7-20-3-1-4-21(20)17-22/h5-10,17H,1-4,11-16H2,(H,26,29). The van der Waals surface area contributed by atoms with Gasteiger partial charge in [0, 0.05) is 44.0 Å². The van der Waals surface area contributed by atoms with Crippen LogP contribution < -0.4 is 10.2 Å². The maximum Gasteiger partial charge on any atom is 0.225 e. The van der Waals surface area contributed by atoms with Gasteiger partial charge >= 0.3 is 0 Å². The van der Waals surface area contributed by atoms with Crippen LogP contribution in [-0.4, -0.2) is 43.5 Å². The maximum atomic E-state index is 12.4. The maximum absolute atomic E-state index is 12.4. The Bertz CT molecular complexity index is 900. The van der Waals surface area contributed by atoms with E-state index in [2.05, 4.69) is 33.3 Å². The number of carbonyl (C=O) groups is 1. The molecule has 0 bridgehead atoms. The van der Waals surface area contributed by atoms with Gasteiger partial charge in [-0.1, -0.05) is 6.07 Å². The van der Waals surface area contributed by atoms with E-state index in [1.165, 1.54) is 23.2 Å². The number of anilines is 2. The molecule has 0 saturated carbocycles. The van der Waals surface area contributed by atoms with E-state index in [1.54, 1.807) is 0 Å². The summed E-state index contributed by atoms with van der Waals surface area (Å²) in [5.74, 6) is 0.0937. The van der Waals surface area contributed by atoms with Gasteiger partial charge in [0.05, 0.1) is 11.6 Å². The van der Waals surface area contributed by atoms with Gasteiger partial charge in [0.2, 0.25) is 5.91 Å². The van der Waals surface area contributed by atoms with E-state index in [0.717, 1.165) is 57.7 Å². The summed E-state index contributed by atoms with van der Waals surface area (Å²) in [6.07, 6.45) is 5.11. The van der Waals surface area contributed by atoms with Gasteiger partial charge in [-0.25, -0.2) is 0 Å². The first-order valence-corrected chi connectivity index (χ1v) is 10.6. The summed E-state index contributed by atoms with van der Waals surface area (Å²) >= 11 is 0. The summed E-state index contributed by atoms with van der Waals surface area (Å²) in [5, 5.41) is 12.0. The largest absolute Gasteiger partial charge is 0.370 e. The van der Waals surface area contributed by atoms with Crippen molar-refractivity contribution in [3.8, 4) is 6.07 Å². The van der Waals surface area contributed by atoms with Crippen molar-refractivity contribution >= 4 is 17.3 Å². The molecule has 1 N–H and O–H groups in total. The second-order valence-electron chi connectivity index (χ2n) is 7.98. The van der Waals surface area contributed by atoms with Crippen LogP contribution in [0.15, 0.2) is 42.5 Å². The number of hydrogen-bond donors (Lipinski definition) is 1. The lowest BCUT2D eigenvalue weighted by atomic mass is 10.1. The number of hydrogen-bond acceptors (Lipinski definition) is 4. The number of amides is 1. The molecule has 2 aromatic rings. The predicted molar refractivity (Wildman–Crippen MR) is 116 cm³/mol. The molecule has 1 saturated heterocycles. The number of nitrogens with one attached hydrogen (secondary N) is 1. The van der Waals surface area contributed by atoms with Crippen LogP contribution >= 0.6 is 0 Å². The number of benzene rings is 2. The van der Waals surface area contributed by atoms with Crippen LogP contribution in [0.5, 0.6) is 0 Å². The molecule has 0 unspecified atom stereocenters. The van der Waals surface area contributed by atoms with Crippen molar-refractivity contribution in [2.75, 3.05) is 42.9 Å². The van der Waals surface area contributed by atoms with Gasteiger partial charge in [-0.2, -0.15) is 5.26 Å². The van der Waals surface area contributed by atoms with Crippen molar-refractivity contribution in [2.45, 2.75) is 32.1 Å². The van der Waals surface area contributed by atoms with E-state index < -0.39 is 0 Å². The third-order valence-corrected chi connectivity index (χ3v) is 5.99. The van der Waals surface area contributed by atoms with Gasteiger partial charge in [0.15, 0.2) is 0 Å². The molecule has 150 valence electrons. The van der Waals surface area contributed by atoms with Gasteiger partial charge in [-0.05, 0) is 79.8 Å². The fourth-order valence-electron chi connectivity index (χ4n) is 4.33. The molecule has 29 heavy (non-hydrogen) atoms. The molecule has 1 fully saturated rings. The monoisotopic (exact) mass is 388 g/mol. The van der Waals surface area contributed by atoms with E-state index in [-0.39, 0.29) is 5.91 Å². The zero-order chi connectivity index (χ0) is 20.1. The minimum Gasteiger partial charge on any atom is -0.370 e. The van der Waals surface area contributed by atoms with E-state index in [1.807, 2.05) is 30.3 Å². The third kappa shape index (κ3) is 4.96. The number of carbonyl (C=O) groups excluding carboxylic acids is 1. The van der Waals surface area contributed by atoms with Crippen molar-refractivity contribution in [3.63, 3.8) is 0 Å². The first-order valence-electron chi connectivity index (χ1n) is 10.6. The Kier molecular flexibility index (Phi) is 6.12. The van der Waals surface area contributed by atoms with Gasteiger partial charge in [-0.3, -0.25) is 4.79 Å². The summed E-state index contributed by atoms with van der Waals surface area (Å²) in [6, 6.07) is 16.3. The lowest BCUT2D eigenvalue weighted by Gasteiger charge is -2.23. The Morgan fingerprint density at radius 1 is 0.966 bits per heavy atom. The smallest absolute Gasteiger partial charge is 0.225 e. The van der Waals surface area contributed by atoms with E-state index >= 15 is 0 Å². The van der Waals surface area contributed by atoms with E-state index in [4.69, 9.17) is 5.26 Å². The molecule has 0 aromatic heterocycles.